The van der Waals surface area contributed by atoms with Crippen LogP contribution in [0.4, 0.5) is 9.52 Å². The molecule has 0 bridgehead atoms. The Labute approximate surface area is 182 Å². The Morgan fingerprint density at radius 1 is 1.35 bits per heavy atom. The molecule has 8 nitrogen and oxygen atoms in total. The monoisotopic (exact) mass is 459 g/mol. The minimum Gasteiger partial charge on any atom is -0.315 e. The highest BCUT2D eigenvalue weighted by Crippen LogP contribution is 2.25. The van der Waals surface area contributed by atoms with E-state index in [1.54, 1.807) is 42.7 Å². The fourth-order valence-electron chi connectivity index (χ4n) is 2.92. The summed E-state index contributed by atoms with van der Waals surface area (Å²) in [4.78, 5) is 16.3. The number of nitrogens with zero attached hydrogens (tertiary/aromatic N) is 4. The minimum atomic E-state index is -3.60. The van der Waals surface area contributed by atoms with E-state index in [9.17, 15) is 22.9 Å². The van der Waals surface area contributed by atoms with E-state index in [4.69, 9.17) is 0 Å². The Kier molecular flexibility index (Phi) is 6.33. The number of hydrogen-bond acceptors (Lipinski definition) is 7. The molecule has 0 aliphatic carbocycles. The van der Waals surface area contributed by atoms with Gasteiger partial charge in [-0.15, -0.1) is 0 Å². The maximum atomic E-state index is 14.2. The van der Waals surface area contributed by atoms with Crippen LogP contribution in [0.2, 0.25) is 0 Å². The molecule has 0 aliphatic heterocycles. The first-order valence-electron chi connectivity index (χ1n) is 9.11. The second kappa shape index (κ2) is 8.79. The average Bonchev–Trinajstić information content (AvgIpc) is 3.31. The normalized spacial score (nSPS) is 11.9. The van der Waals surface area contributed by atoms with E-state index in [-0.39, 0.29) is 21.6 Å². The van der Waals surface area contributed by atoms with Gasteiger partial charge in [0.15, 0.2) is 0 Å². The molecule has 1 N–H and O–H groups in total. The average molecular weight is 460 g/mol. The Bertz CT molecular complexity index is 1330. The smallest absolute Gasteiger partial charge is 0.268 e. The van der Waals surface area contributed by atoms with E-state index in [1.807, 2.05) is 6.07 Å². The SMILES string of the molecule is CCS(=O)(=O)c1nsc(NC(=O)C(C#N)=Cc2cc(C)n(-c3ccccc3F)c2C)n1. The van der Waals surface area contributed by atoms with Gasteiger partial charge >= 0.3 is 0 Å². The first-order chi connectivity index (χ1) is 14.7. The number of aryl methyl sites for hydroxylation is 1. The van der Waals surface area contributed by atoms with Gasteiger partial charge in [-0.3, -0.25) is 10.1 Å². The zero-order valence-electron chi connectivity index (χ0n) is 16.9. The van der Waals surface area contributed by atoms with Crippen molar-refractivity contribution >= 4 is 38.5 Å². The van der Waals surface area contributed by atoms with E-state index in [0.717, 1.165) is 5.69 Å². The lowest BCUT2D eigenvalue weighted by Crippen LogP contribution is -2.14. The third-order valence-corrected chi connectivity index (χ3v) is 6.76. The van der Waals surface area contributed by atoms with Crippen LogP contribution < -0.4 is 5.32 Å². The van der Waals surface area contributed by atoms with Crippen molar-refractivity contribution in [3.05, 3.63) is 58.7 Å². The summed E-state index contributed by atoms with van der Waals surface area (Å²) in [6.45, 7) is 5.01. The number of amides is 1. The zero-order valence-corrected chi connectivity index (χ0v) is 18.5. The van der Waals surface area contributed by atoms with Gasteiger partial charge in [0, 0.05) is 22.9 Å². The molecule has 31 heavy (non-hydrogen) atoms. The topological polar surface area (TPSA) is 118 Å². The Morgan fingerprint density at radius 2 is 2.06 bits per heavy atom. The molecule has 0 saturated carbocycles. The summed E-state index contributed by atoms with van der Waals surface area (Å²) in [6, 6.07) is 9.87. The van der Waals surface area contributed by atoms with Crippen molar-refractivity contribution in [1.82, 2.24) is 13.9 Å². The van der Waals surface area contributed by atoms with Crippen molar-refractivity contribution in [3.8, 4) is 11.8 Å². The van der Waals surface area contributed by atoms with Gasteiger partial charge < -0.3 is 4.57 Å². The summed E-state index contributed by atoms with van der Waals surface area (Å²) < 4.78 is 43.3. The molecule has 0 radical (unpaired) electrons. The van der Waals surface area contributed by atoms with Gasteiger partial charge in [0.25, 0.3) is 11.1 Å². The Balaban J connectivity index is 1.91. The van der Waals surface area contributed by atoms with E-state index in [1.165, 1.54) is 19.1 Å². The summed E-state index contributed by atoms with van der Waals surface area (Å²) in [6.07, 6.45) is 1.39. The predicted octanol–water partition coefficient (Wildman–Crippen LogP) is 3.42. The van der Waals surface area contributed by atoms with Crippen molar-refractivity contribution < 1.29 is 17.6 Å². The van der Waals surface area contributed by atoms with Gasteiger partial charge in [0.2, 0.25) is 15.0 Å². The lowest BCUT2D eigenvalue weighted by Gasteiger charge is -2.10. The van der Waals surface area contributed by atoms with E-state index in [0.29, 0.717) is 28.5 Å². The van der Waals surface area contributed by atoms with Gasteiger partial charge in [0.05, 0.1) is 11.4 Å². The first kappa shape index (κ1) is 22.3. The molecule has 1 amide bonds. The molecular weight excluding hydrogens is 441 g/mol. The Morgan fingerprint density at radius 3 is 2.71 bits per heavy atom. The van der Waals surface area contributed by atoms with Crippen LogP contribution in [-0.4, -0.2) is 34.0 Å². The van der Waals surface area contributed by atoms with Crippen molar-refractivity contribution in [2.45, 2.75) is 25.9 Å². The standard InChI is InChI=1S/C20H18FN5O3S2/c1-4-31(28,29)20-24-19(30-25-20)23-18(27)15(11-22)10-14-9-12(2)26(13(14)3)17-8-6-5-7-16(17)21/h5-10H,4H2,1-3H3,(H,23,24,25,27). The van der Waals surface area contributed by atoms with Crippen molar-refractivity contribution in [3.63, 3.8) is 0 Å². The van der Waals surface area contributed by atoms with Crippen LogP contribution in [-0.2, 0) is 14.6 Å². The second-order valence-electron chi connectivity index (χ2n) is 6.52. The van der Waals surface area contributed by atoms with Crippen molar-refractivity contribution in [2.24, 2.45) is 0 Å². The highest BCUT2D eigenvalue weighted by molar-refractivity contribution is 7.91. The summed E-state index contributed by atoms with van der Waals surface area (Å²) in [7, 11) is -3.60. The highest BCUT2D eigenvalue weighted by Gasteiger charge is 2.20. The molecule has 0 aliphatic rings. The molecule has 0 spiro atoms. The zero-order chi connectivity index (χ0) is 22.8. The van der Waals surface area contributed by atoms with Gasteiger partial charge in [-0.1, -0.05) is 19.1 Å². The maximum absolute atomic E-state index is 14.2. The van der Waals surface area contributed by atoms with Crippen LogP contribution in [0.15, 0.2) is 41.1 Å². The molecule has 0 fully saturated rings. The van der Waals surface area contributed by atoms with Crippen LogP contribution in [0.1, 0.15) is 23.9 Å². The number of anilines is 1. The van der Waals surface area contributed by atoms with Gasteiger partial charge in [-0.25, -0.2) is 12.8 Å². The number of benzene rings is 1. The molecule has 0 atom stereocenters. The number of carbonyl (C=O) groups excluding carboxylic acids is 1. The van der Waals surface area contributed by atoms with Crippen LogP contribution >= 0.6 is 11.5 Å². The van der Waals surface area contributed by atoms with Crippen molar-refractivity contribution in [2.75, 3.05) is 11.1 Å². The fraction of sp³-hybridized carbons (Fsp3) is 0.200. The number of hydrogen-bond donors (Lipinski definition) is 1. The lowest BCUT2D eigenvalue weighted by atomic mass is 10.1. The number of carbonyl (C=O) groups is 1. The molecule has 11 heteroatoms. The van der Waals surface area contributed by atoms with Crippen molar-refractivity contribution in [1.29, 1.82) is 5.26 Å². The lowest BCUT2D eigenvalue weighted by molar-refractivity contribution is -0.112. The second-order valence-corrected chi connectivity index (χ2v) is 9.45. The number of sulfone groups is 1. The maximum Gasteiger partial charge on any atom is 0.268 e. The molecule has 3 rings (SSSR count). The molecular formula is C20H18FN5O3S2. The number of rotatable bonds is 6. The van der Waals surface area contributed by atoms with Gasteiger partial charge in [-0.05, 0) is 43.7 Å². The number of para-hydroxylation sites is 1. The van der Waals surface area contributed by atoms with Crippen LogP contribution in [0.5, 0.6) is 0 Å². The van der Waals surface area contributed by atoms with Crippen LogP contribution in [0.3, 0.4) is 0 Å². The summed E-state index contributed by atoms with van der Waals surface area (Å²) in [5.41, 5.74) is 2.09. The number of halogens is 1. The van der Waals surface area contributed by atoms with Crippen LogP contribution in [0, 0.1) is 31.0 Å². The number of nitrogens with one attached hydrogen (secondary N) is 1. The number of aromatic nitrogens is 3. The van der Waals surface area contributed by atoms with Gasteiger partial charge in [-0.2, -0.15) is 14.6 Å². The molecule has 1 aromatic carbocycles. The molecule has 2 heterocycles. The largest absolute Gasteiger partial charge is 0.315 e. The van der Waals surface area contributed by atoms with E-state index in [2.05, 4.69) is 14.7 Å². The fourth-order valence-corrected chi connectivity index (χ4v) is 4.51. The minimum absolute atomic E-state index is 0.0324. The third-order valence-electron chi connectivity index (χ3n) is 4.51. The quantitative estimate of drug-likeness (QED) is 0.446. The molecule has 0 unspecified atom stereocenters. The molecule has 0 saturated heterocycles. The third kappa shape index (κ3) is 4.55. The van der Waals surface area contributed by atoms with E-state index >= 15 is 0 Å². The molecule has 160 valence electrons. The summed E-state index contributed by atoms with van der Waals surface area (Å²) >= 11 is 0.708. The number of nitriles is 1. The van der Waals surface area contributed by atoms with E-state index < -0.39 is 21.6 Å². The summed E-state index contributed by atoms with van der Waals surface area (Å²) in [5.74, 6) is -1.32. The highest BCUT2D eigenvalue weighted by atomic mass is 32.2. The molecule has 3 aromatic rings. The first-order valence-corrected chi connectivity index (χ1v) is 11.5. The Hall–Kier alpha value is -3.36. The predicted molar refractivity (Wildman–Crippen MR) is 115 cm³/mol. The summed E-state index contributed by atoms with van der Waals surface area (Å²) in [5, 5.41) is 11.5. The molecule has 2 aromatic heterocycles. The van der Waals surface area contributed by atoms with Crippen LogP contribution in [0.25, 0.3) is 11.8 Å². The van der Waals surface area contributed by atoms with Gasteiger partial charge in [0.1, 0.15) is 17.5 Å².